The van der Waals surface area contributed by atoms with E-state index in [9.17, 15) is 4.79 Å². The number of aryl methyl sites for hydroxylation is 1. The molecule has 2 atom stereocenters. The van der Waals surface area contributed by atoms with Crippen molar-refractivity contribution in [2.75, 3.05) is 13.1 Å². The van der Waals surface area contributed by atoms with Crippen molar-refractivity contribution in [1.82, 2.24) is 15.1 Å². The summed E-state index contributed by atoms with van der Waals surface area (Å²) >= 11 is 0. The van der Waals surface area contributed by atoms with Crippen LogP contribution in [0.1, 0.15) is 36.9 Å². The molecule has 3 rings (SSSR count). The van der Waals surface area contributed by atoms with Crippen LogP contribution in [0.2, 0.25) is 0 Å². The molecule has 1 fully saturated rings. The summed E-state index contributed by atoms with van der Waals surface area (Å²) in [5, 5.41) is 8.04. The van der Waals surface area contributed by atoms with Gasteiger partial charge in [0, 0.05) is 19.0 Å². The maximum atomic E-state index is 12.9. The largest absolute Gasteiger partial charge is 0.471 e. The highest BCUT2D eigenvalue weighted by Crippen LogP contribution is 2.25. The van der Waals surface area contributed by atoms with Gasteiger partial charge in [0.05, 0.1) is 18.2 Å². The first-order chi connectivity index (χ1) is 11.7. The molecule has 0 N–H and O–H groups in total. The third-order valence-electron chi connectivity index (χ3n) is 4.43. The van der Waals surface area contributed by atoms with Gasteiger partial charge in [-0.1, -0.05) is 37.3 Å². The summed E-state index contributed by atoms with van der Waals surface area (Å²) < 4.78 is 5.86. The molecule has 24 heavy (non-hydrogen) atoms. The molecule has 126 valence electrons. The zero-order chi connectivity index (χ0) is 16.9. The molecule has 1 aromatic carbocycles. The smallest absolute Gasteiger partial charge is 0.233 e. The number of ether oxygens (including phenoxy) is 1. The first kappa shape index (κ1) is 16.4. The number of aromatic nitrogens is 2. The van der Waals surface area contributed by atoms with Gasteiger partial charge in [-0.15, -0.1) is 5.10 Å². The summed E-state index contributed by atoms with van der Waals surface area (Å²) in [6.45, 7) is 5.28. The van der Waals surface area contributed by atoms with Crippen molar-refractivity contribution in [3.8, 4) is 5.88 Å². The second-order valence-corrected chi connectivity index (χ2v) is 6.20. The molecule has 2 heterocycles. The highest BCUT2D eigenvalue weighted by atomic mass is 16.5. The molecule has 1 aliphatic rings. The van der Waals surface area contributed by atoms with Crippen molar-refractivity contribution in [3.05, 3.63) is 53.7 Å². The van der Waals surface area contributed by atoms with Crippen LogP contribution in [-0.4, -0.2) is 40.2 Å². The average Bonchev–Trinajstić information content (AvgIpc) is 3.07. The van der Waals surface area contributed by atoms with E-state index < -0.39 is 0 Å². The Kier molecular flexibility index (Phi) is 5.08. The molecule has 0 radical (unpaired) electrons. The van der Waals surface area contributed by atoms with E-state index in [4.69, 9.17) is 4.74 Å². The maximum Gasteiger partial charge on any atom is 0.233 e. The van der Waals surface area contributed by atoms with E-state index in [1.165, 1.54) is 0 Å². The van der Waals surface area contributed by atoms with Crippen molar-refractivity contribution in [1.29, 1.82) is 0 Å². The SMILES string of the molecule is CCC(C(=O)N1CCC(Oc2ccc(C)nn2)C1)c1ccccc1. The van der Waals surface area contributed by atoms with Crippen molar-refractivity contribution in [2.45, 2.75) is 38.7 Å². The van der Waals surface area contributed by atoms with E-state index in [2.05, 4.69) is 17.1 Å². The lowest BCUT2D eigenvalue weighted by molar-refractivity contribution is -0.132. The lowest BCUT2D eigenvalue weighted by atomic mass is 9.95. The van der Waals surface area contributed by atoms with Gasteiger partial charge in [-0.3, -0.25) is 4.79 Å². The van der Waals surface area contributed by atoms with Crippen LogP contribution >= 0.6 is 0 Å². The molecule has 5 nitrogen and oxygen atoms in total. The summed E-state index contributed by atoms with van der Waals surface area (Å²) in [7, 11) is 0. The van der Waals surface area contributed by atoms with Crippen molar-refractivity contribution < 1.29 is 9.53 Å². The Morgan fingerprint density at radius 1 is 1.25 bits per heavy atom. The van der Waals surface area contributed by atoms with Crippen molar-refractivity contribution in [2.24, 2.45) is 0 Å². The Bertz CT molecular complexity index is 673. The number of likely N-dealkylation sites (tertiary alicyclic amines) is 1. The fourth-order valence-corrected chi connectivity index (χ4v) is 3.10. The minimum absolute atomic E-state index is 0.0146. The van der Waals surface area contributed by atoms with E-state index in [0.29, 0.717) is 12.4 Å². The molecular formula is C19H23N3O2. The Labute approximate surface area is 142 Å². The van der Waals surface area contributed by atoms with Crippen molar-refractivity contribution in [3.63, 3.8) is 0 Å². The number of hydrogen-bond donors (Lipinski definition) is 0. The molecule has 2 aromatic rings. The van der Waals surface area contributed by atoms with E-state index in [-0.39, 0.29) is 17.9 Å². The summed E-state index contributed by atoms with van der Waals surface area (Å²) in [5.74, 6) is 0.629. The van der Waals surface area contributed by atoms with Gasteiger partial charge >= 0.3 is 0 Å². The number of hydrogen-bond acceptors (Lipinski definition) is 4. The standard InChI is InChI=1S/C19H23N3O2/c1-3-17(15-7-5-4-6-8-15)19(23)22-12-11-16(13-22)24-18-10-9-14(2)20-21-18/h4-10,16-17H,3,11-13H2,1-2H3. The first-order valence-electron chi connectivity index (χ1n) is 8.48. The van der Waals surface area contributed by atoms with Crippen LogP contribution in [0.4, 0.5) is 0 Å². The van der Waals surface area contributed by atoms with Gasteiger partial charge in [0.2, 0.25) is 11.8 Å². The second-order valence-electron chi connectivity index (χ2n) is 6.20. The van der Waals surface area contributed by atoms with Crippen LogP contribution in [0.3, 0.4) is 0 Å². The molecule has 1 saturated heterocycles. The van der Waals surface area contributed by atoms with Crippen LogP contribution in [0.5, 0.6) is 5.88 Å². The molecule has 1 aromatic heterocycles. The number of benzene rings is 1. The van der Waals surface area contributed by atoms with E-state index in [0.717, 1.165) is 30.6 Å². The molecule has 5 heteroatoms. The third kappa shape index (κ3) is 3.72. The maximum absolute atomic E-state index is 12.9. The molecule has 2 unspecified atom stereocenters. The van der Waals surface area contributed by atoms with Gasteiger partial charge in [-0.2, -0.15) is 5.10 Å². The second kappa shape index (κ2) is 7.43. The highest BCUT2D eigenvalue weighted by Gasteiger charge is 2.32. The van der Waals surface area contributed by atoms with Gasteiger partial charge < -0.3 is 9.64 Å². The molecule has 0 spiro atoms. The Hall–Kier alpha value is -2.43. The average molecular weight is 325 g/mol. The number of carbonyl (C=O) groups is 1. The van der Waals surface area contributed by atoms with Crippen LogP contribution in [-0.2, 0) is 4.79 Å². The van der Waals surface area contributed by atoms with Gasteiger partial charge in [0.1, 0.15) is 6.10 Å². The zero-order valence-electron chi connectivity index (χ0n) is 14.2. The molecule has 1 aliphatic heterocycles. The monoisotopic (exact) mass is 325 g/mol. The fourth-order valence-electron chi connectivity index (χ4n) is 3.10. The van der Waals surface area contributed by atoms with Crippen LogP contribution in [0, 0.1) is 6.92 Å². The van der Waals surface area contributed by atoms with Crippen LogP contribution < -0.4 is 4.74 Å². The predicted molar refractivity (Wildman–Crippen MR) is 91.9 cm³/mol. The van der Waals surface area contributed by atoms with Gasteiger partial charge in [0.25, 0.3) is 0 Å². The minimum Gasteiger partial charge on any atom is -0.471 e. The van der Waals surface area contributed by atoms with Gasteiger partial charge in [0.15, 0.2) is 0 Å². The summed E-state index contributed by atoms with van der Waals surface area (Å²) in [4.78, 5) is 14.8. The van der Waals surface area contributed by atoms with Gasteiger partial charge in [-0.25, -0.2) is 0 Å². The first-order valence-corrected chi connectivity index (χ1v) is 8.48. The Balaban J connectivity index is 1.62. The van der Waals surface area contributed by atoms with Gasteiger partial charge in [-0.05, 0) is 25.0 Å². The topological polar surface area (TPSA) is 55.3 Å². The molecule has 0 saturated carbocycles. The predicted octanol–water partition coefficient (Wildman–Crippen LogP) is 2.96. The fraction of sp³-hybridized carbons (Fsp3) is 0.421. The van der Waals surface area contributed by atoms with Crippen molar-refractivity contribution >= 4 is 5.91 Å². The van der Waals surface area contributed by atoms with E-state index >= 15 is 0 Å². The summed E-state index contributed by atoms with van der Waals surface area (Å²) in [6, 6.07) is 13.7. The molecule has 1 amide bonds. The quantitative estimate of drug-likeness (QED) is 0.848. The Morgan fingerprint density at radius 2 is 2.04 bits per heavy atom. The van der Waals surface area contributed by atoms with E-state index in [1.807, 2.05) is 54.3 Å². The number of amides is 1. The zero-order valence-corrected chi connectivity index (χ0v) is 14.2. The Morgan fingerprint density at radius 3 is 2.71 bits per heavy atom. The number of rotatable bonds is 5. The lowest BCUT2D eigenvalue weighted by Gasteiger charge is -2.23. The summed E-state index contributed by atoms with van der Waals surface area (Å²) in [6.07, 6.45) is 1.61. The molecular weight excluding hydrogens is 302 g/mol. The normalized spacial score (nSPS) is 18.4. The van der Waals surface area contributed by atoms with E-state index in [1.54, 1.807) is 0 Å². The summed E-state index contributed by atoms with van der Waals surface area (Å²) in [5.41, 5.74) is 1.94. The lowest BCUT2D eigenvalue weighted by Crippen LogP contribution is -2.34. The molecule has 0 aliphatic carbocycles. The van der Waals surface area contributed by atoms with Crippen LogP contribution in [0.25, 0.3) is 0 Å². The highest BCUT2D eigenvalue weighted by molar-refractivity contribution is 5.84. The van der Waals surface area contributed by atoms with Crippen LogP contribution in [0.15, 0.2) is 42.5 Å². The number of carbonyl (C=O) groups excluding carboxylic acids is 1. The number of nitrogens with zero attached hydrogens (tertiary/aromatic N) is 3. The minimum atomic E-state index is -0.0795. The third-order valence-corrected chi connectivity index (χ3v) is 4.43. The molecule has 0 bridgehead atoms.